The van der Waals surface area contributed by atoms with Gasteiger partial charge in [0.2, 0.25) is 11.0 Å². The summed E-state index contributed by atoms with van der Waals surface area (Å²) in [7, 11) is 0. The molecular formula is C11H7ClN4O3S2. The molecule has 1 atom stereocenters. The van der Waals surface area contributed by atoms with Crippen molar-refractivity contribution in [3.8, 4) is 0 Å². The van der Waals surface area contributed by atoms with Crippen molar-refractivity contribution in [3.05, 3.63) is 44.4 Å². The van der Waals surface area contributed by atoms with Crippen molar-refractivity contribution in [1.29, 1.82) is 0 Å². The van der Waals surface area contributed by atoms with E-state index in [1.807, 2.05) is 0 Å². The predicted molar refractivity (Wildman–Crippen MR) is 80.7 cm³/mol. The molecule has 0 aliphatic carbocycles. The summed E-state index contributed by atoms with van der Waals surface area (Å²) in [6.07, 6.45) is 0. The van der Waals surface area contributed by atoms with E-state index in [0.29, 0.717) is 16.4 Å². The number of thioether (sulfide) groups is 1. The van der Waals surface area contributed by atoms with E-state index in [2.05, 4.69) is 10.2 Å². The Balaban J connectivity index is 2.01. The Morgan fingerprint density at radius 3 is 2.95 bits per heavy atom. The molecule has 3 rings (SSSR count). The van der Waals surface area contributed by atoms with E-state index < -0.39 is 4.92 Å². The van der Waals surface area contributed by atoms with Crippen molar-refractivity contribution in [2.75, 3.05) is 10.7 Å². The second-order valence-electron chi connectivity index (χ2n) is 4.12. The summed E-state index contributed by atoms with van der Waals surface area (Å²) < 4.78 is 0. The number of nitro benzene ring substituents is 1. The summed E-state index contributed by atoms with van der Waals surface area (Å²) in [4.78, 5) is 24.0. The number of hydrogen-bond donors (Lipinski definition) is 0. The van der Waals surface area contributed by atoms with Crippen LogP contribution in [0, 0.1) is 10.1 Å². The third-order valence-electron chi connectivity index (χ3n) is 2.87. The van der Waals surface area contributed by atoms with Crippen LogP contribution < -0.4 is 4.90 Å². The van der Waals surface area contributed by atoms with E-state index in [-0.39, 0.29) is 22.0 Å². The molecule has 2 heterocycles. The number of benzene rings is 1. The molecule has 21 heavy (non-hydrogen) atoms. The van der Waals surface area contributed by atoms with Crippen molar-refractivity contribution in [2.24, 2.45) is 0 Å². The van der Waals surface area contributed by atoms with E-state index in [1.165, 1.54) is 45.6 Å². The van der Waals surface area contributed by atoms with Crippen LogP contribution in [0.15, 0.2) is 23.7 Å². The Labute approximate surface area is 132 Å². The van der Waals surface area contributed by atoms with Crippen molar-refractivity contribution in [3.63, 3.8) is 0 Å². The lowest BCUT2D eigenvalue weighted by molar-refractivity contribution is -0.384. The van der Waals surface area contributed by atoms with Crippen LogP contribution in [-0.2, 0) is 4.79 Å². The summed E-state index contributed by atoms with van der Waals surface area (Å²) in [5, 5.41) is 18.8. The second-order valence-corrected chi connectivity index (χ2v) is 6.40. The highest BCUT2D eigenvalue weighted by Crippen LogP contribution is 2.43. The maximum Gasteiger partial charge on any atom is 0.288 e. The predicted octanol–water partition coefficient (Wildman–Crippen LogP) is 2.88. The molecule has 1 amide bonds. The van der Waals surface area contributed by atoms with Crippen molar-refractivity contribution < 1.29 is 9.72 Å². The maximum atomic E-state index is 12.0. The Bertz CT molecular complexity index is 709. The molecule has 1 saturated heterocycles. The number of halogens is 1. The number of nitro groups is 1. The third kappa shape index (κ3) is 2.59. The number of rotatable bonds is 3. The monoisotopic (exact) mass is 342 g/mol. The van der Waals surface area contributed by atoms with Gasteiger partial charge in [0.05, 0.1) is 10.7 Å². The summed E-state index contributed by atoms with van der Waals surface area (Å²) in [5.74, 6) is 0.195. The third-order valence-corrected chi connectivity index (χ3v) is 5.10. The Morgan fingerprint density at radius 2 is 2.29 bits per heavy atom. The molecule has 1 aliphatic rings. The van der Waals surface area contributed by atoms with Gasteiger partial charge >= 0.3 is 0 Å². The molecule has 0 spiro atoms. The van der Waals surface area contributed by atoms with Gasteiger partial charge in [-0.15, -0.1) is 22.0 Å². The van der Waals surface area contributed by atoms with Crippen LogP contribution in [0.4, 0.5) is 10.8 Å². The largest absolute Gasteiger partial charge is 0.288 e. The van der Waals surface area contributed by atoms with Crippen LogP contribution in [0.3, 0.4) is 0 Å². The van der Waals surface area contributed by atoms with Crippen molar-refractivity contribution in [1.82, 2.24) is 10.2 Å². The quantitative estimate of drug-likeness (QED) is 0.629. The molecule has 2 aromatic rings. The number of amides is 1. The van der Waals surface area contributed by atoms with Gasteiger partial charge in [-0.2, -0.15) is 0 Å². The topological polar surface area (TPSA) is 89.2 Å². The standard InChI is InChI=1S/C11H7ClN4O3S2/c12-7-2-1-6(3-8(7)16(18)19)10-15(9(17)4-20-10)11-14-13-5-21-11/h1-3,5,10H,4H2. The number of carbonyl (C=O) groups is 1. The van der Waals surface area contributed by atoms with Crippen LogP contribution in [0.1, 0.15) is 10.9 Å². The first-order valence-electron chi connectivity index (χ1n) is 5.71. The molecule has 7 nitrogen and oxygen atoms in total. The lowest BCUT2D eigenvalue weighted by atomic mass is 10.2. The highest BCUT2D eigenvalue weighted by Gasteiger charge is 2.36. The van der Waals surface area contributed by atoms with Gasteiger partial charge in [-0.3, -0.25) is 19.8 Å². The number of aromatic nitrogens is 2. The lowest BCUT2D eigenvalue weighted by Crippen LogP contribution is -2.27. The zero-order chi connectivity index (χ0) is 15.0. The van der Waals surface area contributed by atoms with E-state index >= 15 is 0 Å². The van der Waals surface area contributed by atoms with Gasteiger partial charge in [-0.1, -0.05) is 29.0 Å². The number of anilines is 1. The molecule has 1 aromatic heterocycles. The van der Waals surface area contributed by atoms with Gasteiger partial charge in [0.15, 0.2) is 0 Å². The minimum absolute atomic E-state index is 0.0699. The maximum absolute atomic E-state index is 12.0. The van der Waals surface area contributed by atoms with E-state index in [9.17, 15) is 14.9 Å². The molecule has 1 aliphatic heterocycles. The molecule has 0 saturated carbocycles. The van der Waals surface area contributed by atoms with Gasteiger partial charge in [0, 0.05) is 6.07 Å². The zero-order valence-electron chi connectivity index (χ0n) is 10.3. The molecule has 1 aromatic carbocycles. The average Bonchev–Trinajstić information content (AvgIpc) is 3.08. The fourth-order valence-electron chi connectivity index (χ4n) is 1.97. The Hall–Kier alpha value is -1.71. The van der Waals surface area contributed by atoms with Gasteiger partial charge < -0.3 is 0 Å². The molecule has 10 heteroatoms. The van der Waals surface area contributed by atoms with E-state index in [4.69, 9.17) is 11.6 Å². The molecule has 0 bridgehead atoms. The summed E-state index contributed by atoms with van der Waals surface area (Å²) in [6.45, 7) is 0. The summed E-state index contributed by atoms with van der Waals surface area (Å²) >= 11 is 8.44. The molecule has 108 valence electrons. The van der Waals surface area contributed by atoms with Crippen LogP contribution in [0.25, 0.3) is 0 Å². The molecule has 1 unspecified atom stereocenters. The van der Waals surface area contributed by atoms with E-state index in [0.717, 1.165) is 0 Å². The second kappa shape index (κ2) is 5.58. The Kier molecular flexibility index (Phi) is 3.79. The van der Waals surface area contributed by atoms with E-state index in [1.54, 1.807) is 6.07 Å². The summed E-state index contributed by atoms with van der Waals surface area (Å²) in [6, 6.07) is 4.54. The normalized spacial score (nSPS) is 18.2. The van der Waals surface area contributed by atoms with Crippen LogP contribution in [-0.4, -0.2) is 26.8 Å². The number of carbonyl (C=O) groups excluding carboxylic acids is 1. The first kappa shape index (κ1) is 14.2. The first-order valence-corrected chi connectivity index (χ1v) is 8.02. The van der Waals surface area contributed by atoms with Crippen LogP contribution in [0.5, 0.6) is 0 Å². The molecule has 1 fully saturated rings. The first-order chi connectivity index (χ1) is 10.1. The van der Waals surface area contributed by atoms with Gasteiger partial charge in [0.1, 0.15) is 15.9 Å². The number of hydrogen-bond acceptors (Lipinski definition) is 7. The molecular weight excluding hydrogens is 336 g/mol. The average molecular weight is 343 g/mol. The highest BCUT2D eigenvalue weighted by molar-refractivity contribution is 8.00. The van der Waals surface area contributed by atoms with Gasteiger partial charge in [-0.25, -0.2) is 0 Å². The smallest absolute Gasteiger partial charge is 0.273 e. The lowest BCUT2D eigenvalue weighted by Gasteiger charge is -2.20. The zero-order valence-corrected chi connectivity index (χ0v) is 12.7. The Morgan fingerprint density at radius 1 is 1.48 bits per heavy atom. The van der Waals surface area contributed by atoms with Crippen LogP contribution >= 0.6 is 34.7 Å². The molecule has 0 N–H and O–H groups in total. The highest BCUT2D eigenvalue weighted by atomic mass is 35.5. The van der Waals surface area contributed by atoms with Crippen LogP contribution in [0.2, 0.25) is 5.02 Å². The minimum atomic E-state index is -0.539. The van der Waals surface area contributed by atoms with Gasteiger partial charge in [0.25, 0.3) is 5.69 Å². The summed E-state index contributed by atoms with van der Waals surface area (Å²) in [5.41, 5.74) is 2.00. The van der Waals surface area contributed by atoms with Gasteiger partial charge in [-0.05, 0) is 11.6 Å². The number of nitrogens with zero attached hydrogens (tertiary/aromatic N) is 4. The SMILES string of the molecule is O=C1CSC(c2ccc(Cl)c([N+](=O)[O-])c2)N1c1nncs1. The van der Waals surface area contributed by atoms with Crippen molar-refractivity contribution in [2.45, 2.75) is 5.37 Å². The molecule has 0 radical (unpaired) electrons. The fourth-order valence-corrected chi connectivity index (χ4v) is 3.97. The van der Waals surface area contributed by atoms with Crippen molar-refractivity contribution >= 4 is 51.4 Å². The fraction of sp³-hybridized carbons (Fsp3) is 0.182. The minimum Gasteiger partial charge on any atom is -0.273 e.